The van der Waals surface area contributed by atoms with Crippen molar-refractivity contribution >= 4 is 28.5 Å². The van der Waals surface area contributed by atoms with E-state index in [-0.39, 0.29) is 5.69 Å². The number of nitrogens with zero attached hydrogens (tertiary/aromatic N) is 1. The Bertz CT molecular complexity index is 478. The molecule has 1 heterocycles. The van der Waals surface area contributed by atoms with E-state index >= 15 is 0 Å². The van der Waals surface area contributed by atoms with Gasteiger partial charge in [0.2, 0.25) is 0 Å². The van der Waals surface area contributed by atoms with Crippen molar-refractivity contribution in [3.63, 3.8) is 0 Å². The van der Waals surface area contributed by atoms with Crippen LogP contribution in [0.2, 0.25) is 5.02 Å². The smallest absolute Gasteiger partial charge is 0.357 e. The number of aromatic carboxylic acids is 1. The van der Waals surface area contributed by atoms with Crippen LogP contribution in [-0.2, 0) is 0 Å². The minimum Gasteiger partial charge on any atom is -0.476 e. The minimum absolute atomic E-state index is 0.0411. The third kappa shape index (κ3) is 1.15. The first kappa shape index (κ1) is 8.07. The van der Waals surface area contributed by atoms with Gasteiger partial charge in [0.1, 0.15) is 0 Å². The van der Waals surface area contributed by atoms with Crippen LogP contribution in [0, 0.1) is 0 Å². The molecule has 1 aromatic heterocycles. The average molecular weight is 197 g/mol. The van der Waals surface area contributed by atoms with Crippen molar-refractivity contribution in [1.29, 1.82) is 0 Å². The van der Waals surface area contributed by atoms with Crippen LogP contribution in [0.1, 0.15) is 10.5 Å². The fourth-order valence-electron chi connectivity index (χ4n) is 1.18. The van der Waals surface area contributed by atoms with E-state index in [2.05, 4.69) is 10.2 Å². The monoisotopic (exact) mass is 196 g/mol. The van der Waals surface area contributed by atoms with Crippen LogP contribution < -0.4 is 0 Å². The summed E-state index contributed by atoms with van der Waals surface area (Å²) in [6.07, 6.45) is 0. The van der Waals surface area contributed by atoms with E-state index in [1.54, 1.807) is 18.2 Å². The average Bonchev–Trinajstić information content (AvgIpc) is 2.49. The van der Waals surface area contributed by atoms with Crippen molar-refractivity contribution in [2.75, 3.05) is 0 Å². The van der Waals surface area contributed by atoms with Gasteiger partial charge in [-0.15, -0.1) is 0 Å². The van der Waals surface area contributed by atoms with Gasteiger partial charge in [0, 0.05) is 0 Å². The molecule has 0 unspecified atom stereocenters. The third-order valence-corrected chi connectivity index (χ3v) is 2.06. The molecule has 0 radical (unpaired) electrons. The fourth-order valence-corrected chi connectivity index (χ4v) is 1.45. The topological polar surface area (TPSA) is 66.0 Å². The predicted molar refractivity (Wildman–Crippen MR) is 48.1 cm³/mol. The van der Waals surface area contributed by atoms with E-state index in [1.165, 1.54) is 0 Å². The lowest BCUT2D eigenvalue weighted by Crippen LogP contribution is -1.96. The number of carbonyl (C=O) groups is 1. The molecule has 1 aromatic carbocycles. The number of aromatic amines is 1. The molecule has 66 valence electrons. The summed E-state index contributed by atoms with van der Waals surface area (Å²) >= 11 is 5.82. The number of rotatable bonds is 1. The number of carboxylic acid groups (broad SMARTS) is 1. The third-order valence-electron chi connectivity index (χ3n) is 1.74. The summed E-state index contributed by atoms with van der Waals surface area (Å²) in [5.41, 5.74) is 0.588. The molecule has 0 saturated heterocycles. The lowest BCUT2D eigenvalue weighted by atomic mass is 10.2. The normalized spacial score (nSPS) is 10.5. The number of hydrogen-bond acceptors (Lipinski definition) is 2. The molecule has 5 heteroatoms. The first-order valence-electron chi connectivity index (χ1n) is 3.56. The second-order valence-electron chi connectivity index (χ2n) is 2.54. The second-order valence-corrected chi connectivity index (χ2v) is 2.95. The van der Waals surface area contributed by atoms with Gasteiger partial charge < -0.3 is 5.11 Å². The lowest BCUT2D eigenvalue weighted by molar-refractivity contribution is 0.0692. The largest absolute Gasteiger partial charge is 0.476 e. The van der Waals surface area contributed by atoms with Gasteiger partial charge in [0.15, 0.2) is 5.69 Å². The molecule has 2 N–H and O–H groups in total. The molecule has 13 heavy (non-hydrogen) atoms. The second kappa shape index (κ2) is 2.74. The van der Waals surface area contributed by atoms with Crippen molar-refractivity contribution < 1.29 is 9.90 Å². The zero-order valence-electron chi connectivity index (χ0n) is 6.41. The van der Waals surface area contributed by atoms with Gasteiger partial charge >= 0.3 is 5.97 Å². The fraction of sp³-hybridized carbons (Fsp3) is 0. The Morgan fingerprint density at radius 2 is 2.31 bits per heavy atom. The Balaban J connectivity index is 2.86. The quantitative estimate of drug-likeness (QED) is 0.732. The van der Waals surface area contributed by atoms with Crippen molar-refractivity contribution in [2.24, 2.45) is 0 Å². The highest BCUT2D eigenvalue weighted by Crippen LogP contribution is 2.24. The maximum Gasteiger partial charge on any atom is 0.357 e. The van der Waals surface area contributed by atoms with Crippen molar-refractivity contribution in [2.45, 2.75) is 0 Å². The molecule has 0 fully saturated rings. The number of carboxylic acids is 1. The van der Waals surface area contributed by atoms with Crippen LogP contribution in [-0.4, -0.2) is 21.3 Å². The van der Waals surface area contributed by atoms with Crippen LogP contribution >= 0.6 is 11.6 Å². The molecule has 0 aliphatic rings. The highest BCUT2D eigenvalue weighted by atomic mass is 35.5. The van der Waals surface area contributed by atoms with Crippen molar-refractivity contribution in [3.05, 3.63) is 28.9 Å². The number of nitrogens with one attached hydrogen (secondary N) is 1. The van der Waals surface area contributed by atoms with Crippen LogP contribution in [0.4, 0.5) is 0 Å². The van der Waals surface area contributed by atoms with Crippen molar-refractivity contribution in [3.8, 4) is 0 Å². The Morgan fingerprint density at radius 3 is 3.00 bits per heavy atom. The molecular formula is C8H5ClN2O2. The van der Waals surface area contributed by atoms with Gasteiger partial charge in [0.25, 0.3) is 0 Å². The first-order valence-corrected chi connectivity index (χ1v) is 3.94. The van der Waals surface area contributed by atoms with E-state index in [0.717, 1.165) is 0 Å². The van der Waals surface area contributed by atoms with E-state index in [0.29, 0.717) is 15.9 Å². The van der Waals surface area contributed by atoms with Crippen molar-refractivity contribution in [1.82, 2.24) is 10.2 Å². The summed E-state index contributed by atoms with van der Waals surface area (Å²) in [6, 6.07) is 5.08. The lowest BCUT2D eigenvalue weighted by Gasteiger charge is -1.92. The molecule has 0 saturated carbocycles. The molecule has 0 aliphatic carbocycles. The molecule has 0 aliphatic heterocycles. The standard InChI is InChI=1S/C8H5ClN2O2/c9-4-2-1-3-5-6(4)7(8(12)13)11-10-5/h1-3H,(H,10,11)(H,12,13). The number of hydrogen-bond donors (Lipinski definition) is 2. The summed E-state index contributed by atoms with van der Waals surface area (Å²) in [5.74, 6) is -1.08. The number of fused-ring (bicyclic) bond motifs is 1. The zero-order valence-corrected chi connectivity index (χ0v) is 7.17. The molecule has 0 spiro atoms. The summed E-state index contributed by atoms with van der Waals surface area (Å²) in [5, 5.41) is 15.8. The molecule has 0 atom stereocenters. The summed E-state index contributed by atoms with van der Waals surface area (Å²) in [4.78, 5) is 10.7. The molecule has 2 rings (SSSR count). The van der Waals surface area contributed by atoms with Gasteiger partial charge in [-0.25, -0.2) is 4.79 Å². The van der Waals surface area contributed by atoms with Gasteiger partial charge in [0.05, 0.1) is 15.9 Å². The molecule has 2 aromatic rings. The van der Waals surface area contributed by atoms with Gasteiger partial charge in [-0.1, -0.05) is 17.7 Å². The highest BCUT2D eigenvalue weighted by Gasteiger charge is 2.14. The summed E-state index contributed by atoms with van der Waals surface area (Å²) in [7, 11) is 0. The maximum atomic E-state index is 10.7. The Kier molecular flexibility index (Phi) is 1.70. The number of aromatic nitrogens is 2. The van der Waals surface area contributed by atoms with Gasteiger partial charge in [-0.2, -0.15) is 5.10 Å². The van der Waals surface area contributed by atoms with E-state index in [9.17, 15) is 4.79 Å². The van der Waals surface area contributed by atoms with Crippen LogP contribution in [0.25, 0.3) is 10.9 Å². The van der Waals surface area contributed by atoms with Crippen LogP contribution in [0.3, 0.4) is 0 Å². The minimum atomic E-state index is -1.08. The Hall–Kier alpha value is -1.55. The van der Waals surface area contributed by atoms with Gasteiger partial charge in [-0.05, 0) is 12.1 Å². The molecule has 0 amide bonds. The highest BCUT2D eigenvalue weighted by molar-refractivity contribution is 6.36. The predicted octanol–water partition coefficient (Wildman–Crippen LogP) is 1.91. The zero-order chi connectivity index (χ0) is 9.42. The number of halogens is 1. The summed E-state index contributed by atoms with van der Waals surface area (Å²) in [6.45, 7) is 0. The number of benzene rings is 1. The van der Waals surface area contributed by atoms with E-state index < -0.39 is 5.97 Å². The van der Waals surface area contributed by atoms with Gasteiger partial charge in [-0.3, -0.25) is 5.10 Å². The number of H-pyrrole nitrogens is 1. The molecular weight excluding hydrogens is 192 g/mol. The van der Waals surface area contributed by atoms with Crippen LogP contribution in [0.15, 0.2) is 18.2 Å². The molecule has 4 nitrogen and oxygen atoms in total. The van der Waals surface area contributed by atoms with E-state index in [4.69, 9.17) is 16.7 Å². The molecule has 0 bridgehead atoms. The first-order chi connectivity index (χ1) is 6.20. The van der Waals surface area contributed by atoms with E-state index in [1.807, 2.05) is 0 Å². The Morgan fingerprint density at radius 1 is 1.54 bits per heavy atom. The maximum absolute atomic E-state index is 10.7. The summed E-state index contributed by atoms with van der Waals surface area (Å²) < 4.78 is 0. The van der Waals surface area contributed by atoms with Crippen LogP contribution in [0.5, 0.6) is 0 Å². The Labute approximate surface area is 78.1 Å². The SMILES string of the molecule is O=C(O)c1n[nH]c2cccc(Cl)c12.